The molecule has 1 aromatic heterocycles. The molecule has 0 unspecified atom stereocenters. The lowest BCUT2D eigenvalue weighted by Crippen LogP contribution is -2.11. The summed E-state index contributed by atoms with van der Waals surface area (Å²) in [5, 5.41) is 0.813. The maximum atomic E-state index is 14.1. The topological polar surface area (TPSA) is 65.5 Å². The van der Waals surface area contributed by atoms with Gasteiger partial charge in [-0.05, 0) is 72.1 Å². The van der Waals surface area contributed by atoms with Crippen molar-refractivity contribution in [1.29, 1.82) is 0 Å². The first-order valence-electron chi connectivity index (χ1n) is 12.0. The van der Waals surface area contributed by atoms with Gasteiger partial charge in [-0.3, -0.25) is 4.79 Å². The molecule has 5 rings (SSSR count). The van der Waals surface area contributed by atoms with E-state index in [0.717, 1.165) is 22.0 Å². The van der Waals surface area contributed by atoms with Crippen molar-refractivity contribution in [2.75, 3.05) is 14.2 Å². The minimum Gasteiger partial charge on any atom is -0.497 e. The standard InChI is InChI=1S/C32H24FNO4/c1-37-25-10-6-8-22(19-25)30-29(31(35)21-13-15-24(33)16-14-21)27(26-11-3-4-12-28(26)34-30)18-20-7-5-9-23(17-20)32(36)38-2/h3-17,19H,18H2,1-2H3. The molecule has 0 aliphatic carbocycles. The normalized spacial score (nSPS) is 10.8. The van der Waals surface area contributed by atoms with Crippen molar-refractivity contribution in [3.8, 4) is 17.0 Å². The van der Waals surface area contributed by atoms with Crippen LogP contribution in [0, 0.1) is 5.82 Å². The van der Waals surface area contributed by atoms with Gasteiger partial charge in [0.2, 0.25) is 0 Å². The van der Waals surface area contributed by atoms with Crippen LogP contribution >= 0.6 is 0 Å². The second kappa shape index (κ2) is 10.6. The van der Waals surface area contributed by atoms with Crippen molar-refractivity contribution >= 4 is 22.7 Å². The number of nitrogens with zero attached hydrogens (tertiary/aromatic N) is 1. The lowest BCUT2D eigenvalue weighted by atomic mass is 9.88. The smallest absolute Gasteiger partial charge is 0.337 e. The molecule has 0 fully saturated rings. The van der Waals surface area contributed by atoms with Crippen molar-refractivity contribution in [2.45, 2.75) is 6.42 Å². The van der Waals surface area contributed by atoms with Crippen LogP contribution in [-0.4, -0.2) is 31.0 Å². The summed E-state index contributed by atoms with van der Waals surface area (Å²) in [6.45, 7) is 0. The van der Waals surface area contributed by atoms with E-state index >= 15 is 0 Å². The number of para-hydroxylation sites is 1. The molecule has 0 bridgehead atoms. The van der Waals surface area contributed by atoms with Gasteiger partial charge in [0.25, 0.3) is 0 Å². The highest BCUT2D eigenvalue weighted by atomic mass is 19.1. The van der Waals surface area contributed by atoms with E-state index < -0.39 is 11.8 Å². The predicted molar refractivity (Wildman–Crippen MR) is 144 cm³/mol. The van der Waals surface area contributed by atoms with Crippen LogP contribution in [-0.2, 0) is 11.2 Å². The first-order chi connectivity index (χ1) is 18.5. The Morgan fingerprint density at radius 1 is 0.816 bits per heavy atom. The molecule has 0 amide bonds. The third-order valence-corrected chi connectivity index (χ3v) is 6.41. The fraction of sp³-hybridized carbons (Fsp3) is 0.0938. The highest BCUT2D eigenvalue weighted by Gasteiger charge is 2.24. The van der Waals surface area contributed by atoms with Crippen molar-refractivity contribution in [1.82, 2.24) is 4.98 Å². The molecule has 4 aromatic carbocycles. The molecule has 5 nitrogen and oxygen atoms in total. The molecule has 0 spiro atoms. The number of hydrogen-bond acceptors (Lipinski definition) is 5. The molecule has 188 valence electrons. The molecule has 0 aliphatic rings. The van der Waals surface area contributed by atoms with Crippen LogP contribution in [0.5, 0.6) is 5.75 Å². The summed E-state index contributed by atoms with van der Waals surface area (Å²) in [5.74, 6) is -0.512. The summed E-state index contributed by atoms with van der Waals surface area (Å²) in [7, 11) is 2.92. The van der Waals surface area contributed by atoms with Crippen molar-refractivity contribution in [2.24, 2.45) is 0 Å². The minimum absolute atomic E-state index is 0.278. The highest BCUT2D eigenvalue weighted by molar-refractivity contribution is 6.15. The van der Waals surface area contributed by atoms with Gasteiger partial charge < -0.3 is 9.47 Å². The Labute approximate surface area is 219 Å². The van der Waals surface area contributed by atoms with E-state index in [1.54, 1.807) is 25.3 Å². The van der Waals surface area contributed by atoms with Crippen molar-refractivity contribution in [3.05, 3.63) is 131 Å². The molecule has 0 atom stereocenters. The summed E-state index contributed by atoms with van der Waals surface area (Å²) in [5.41, 5.74) is 4.69. The Morgan fingerprint density at radius 2 is 1.58 bits per heavy atom. The highest BCUT2D eigenvalue weighted by Crippen LogP contribution is 2.35. The van der Waals surface area contributed by atoms with Crippen molar-refractivity contribution in [3.63, 3.8) is 0 Å². The molecule has 0 saturated heterocycles. The molecular formula is C32H24FNO4. The monoisotopic (exact) mass is 505 g/mol. The van der Waals surface area contributed by atoms with Gasteiger partial charge in [0.1, 0.15) is 11.6 Å². The fourth-order valence-electron chi connectivity index (χ4n) is 4.56. The van der Waals surface area contributed by atoms with Crippen LogP contribution in [0.2, 0.25) is 0 Å². The van der Waals surface area contributed by atoms with Gasteiger partial charge in [-0.15, -0.1) is 0 Å². The van der Waals surface area contributed by atoms with E-state index in [1.165, 1.54) is 31.4 Å². The Kier molecular flexibility index (Phi) is 6.96. The van der Waals surface area contributed by atoms with E-state index in [4.69, 9.17) is 14.5 Å². The van der Waals surface area contributed by atoms with E-state index in [9.17, 15) is 14.0 Å². The zero-order valence-electron chi connectivity index (χ0n) is 20.9. The Balaban J connectivity index is 1.79. The first kappa shape index (κ1) is 24.8. The van der Waals surface area contributed by atoms with Crippen LogP contribution < -0.4 is 4.74 Å². The van der Waals surface area contributed by atoms with Crippen molar-refractivity contribution < 1.29 is 23.5 Å². The van der Waals surface area contributed by atoms with Gasteiger partial charge in [-0.2, -0.15) is 0 Å². The van der Waals surface area contributed by atoms with Gasteiger partial charge >= 0.3 is 5.97 Å². The van der Waals surface area contributed by atoms with Crippen LogP contribution in [0.25, 0.3) is 22.2 Å². The minimum atomic E-state index is -0.439. The Hall–Kier alpha value is -4.84. The largest absolute Gasteiger partial charge is 0.497 e. The number of carbonyl (C=O) groups is 2. The summed E-state index contributed by atoms with van der Waals surface area (Å²) in [6.07, 6.45) is 0.354. The number of halogens is 1. The van der Waals surface area contributed by atoms with E-state index in [1.807, 2.05) is 54.6 Å². The predicted octanol–water partition coefficient (Wildman–Crippen LogP) is 6.66. The van der Waals surface area contributed by atoms with Gasteiger partial charge in [-0.1, -0.05) is 42.5 Å². The number of pyridine rings is 1. The number of aromatic nitrogens is 1. The number of methoxy groups -OCH3 is 2. The molecule has 0 N–H and O–H groups in total. The number of carbonyl (C=O) groups excluding carboxylic acids is 2. The second-order valence-corrected chi connectivity index (χ2v) is 8.77. The van der Waals surface area contributed by atoms with Gasteiger partial charge in [0, 0.05) is 16.5 Å². The third-order valence-electron chi connectivity index (χ3n) is 6.41. The SMILES string of the molecule is COC(=O)c1cccc(Cc2c(C(=O)c3ccc(F)cc3)c(-c3cccc(OC)c3)nc3ccccc23)c1. The maximum absolute atomic E-state index is 14.1. The van der Waals surface area contributed by atoms with E-state index in [-0.39, 0.29) is 5.78 Å². The average Bonchev–Trinajstić information content (AvgIpc) is 2.96. The number of hydrogen-bond donors (Lipinski definition) is 0. The number of rotatable bonds is 7. The third kappa shape index (κ3) is 4.89. The molecular weight excluding hydrogens is 481 g/mol. The first-order valence-corrected chi connectivity index (χ1v) is 12.0. The summed E-state index contributed by atoms with van der Waals surface area (Å²) >= 11 is 0. The summed E-state index contributed by atoms with van der Waals surface area (Å²) in [4.78, 5) is 31.2. The lowest BCUT2D eigenvalue weighted by molar-refractivity contribution is 0.0600. The number of ether oxygens (including phenoxy) is 2. The van der Waals surface area contributed by atoms with E-state index in [2.05, 4.69) is 0 Å². The zero-order chi connectivity index (χ0) is 26.6. The van der Waals surface area contributed by atoms with Crippen LogP contribution in [0.15, 0.2) is 97.1 Å². The Morgan fingerprint density at radius 3 is 2.34 bits per heavy atom. The number of benzene rings is 4. The lowest BCUT2D eigenvalue weighted by Gasteiger charge is -2.18. The van der Waals surface area contributed by atoms with Gasteiger partial charge in [0.15, 0.2) is 5.78 Å². The quantitative estimate of drug-likeness (QED) is 0.183. The molecule has 6 heteroatoms. The van der Waals surface area contributed by atoms with E-state index in [0.29, 0.717) is 40.1 Å². The molecule has 1 heterocycles. The summed E-state index contributed by atoms with van der Waals surface area (Å²) in [6, 6.07) is 27.6. The second-order valence-electron chi connectivity index (χ2n) is 8.77. The van der Waals surface area contributed by atoms with Crippen LogP contribution in [0.1, 0.15) is 37.4 Å². The average molecular weight is 506 g/mol. The maximum Gasteiger partial charge on any atom is 0.337 e. The molecule has 38 heavy (non-hydrogen) atoms. The number of ketones is 1. The van der Waals surface area contributed by atoms with Gasteiger partial charge in [-0.25, -0.2) is 14.2 Å². The zero-order valence-corrected chi connectivity index (χ0v) is 20.9. The van der Waals surface area contributed by atoms with Crippen LogP contribution in [0.4, 0.5) is 4.39 Å². The molecule has 0 aliphatic heterocycles. The molecule has 5 aromatic rings. The van der Waals surface area contributed by atoms with Crippen LogP contribution in [0.3, 0.4) is 0 Å². The summed E-state index contributed by atoms with van der Waals surface area (Å²) < 4.78 is 24.0. The van der Waals surface area contributed by atoms with Gasteiger partial charge in [0.05, 0.1) is 36.6 Å². The number of fused-ring (bicyclic) bond motifs is 1. The molecule has 0 saturated carbocycles. The molecule has 0 radical (unpaired) electrons. The number of esters is 1. The fourth-order valence-corrected chi connectivity index (χ4v) is 4.56. The Bertz CT molecular complexity index is 1660.